The molecule has 4 aromatic rings. The van der Waals surface area contributed by atoms with Crippen molar-refractivity contribution in [3.05, 3.63) is 72.0 Å². The molecule has 4 rings (SSSR count). The number of carbonyl (C=O) groups is 1. The van der Waals surface area contributed by atoms with Crippen LogP contribution in [-0.2, 0) is 10.0 Å². The highest BCUT2D eigenvalue weighted by atomic mass is 32.2. The van der Waals surface area contributed by atoms with Crippen LogP contribution in [0.25, 0.3) is 17.0 Å². The molecule has 2 aromatic heterocycles. The summed E-state index contributed by atoms with van der Waals surface area (Å²) in [5, 5.41) is 20.1. The lowest BCUT2D eigenvalue weighted by molar-refractivity contribution is 0.0946. The van der Waals surface area contributed by atoms with Gasteiger partial charge < -0.3 is 10.1 Å². The number of nitrogens with two attached hydrogens (primary N) is 1. The first-order valence-electron chi connectivity index (χ1n) is 9.33. The molecule has 0 saturated carbocycles. The van der Waals surface area contributed by atoms with Crippen LogP contribution in [0.15, 0.2) is 65.6 Å². The lowest BCUT2D eigenvalue weighted by Crippen LogP contribution is -2.28. The van der Waals surface area contributed by atoms with Crippen LogP contribution in [0.3, 0.4) is 0 Å². The second kappa shape index (κ2) is 8.69. The minimum absolute atomic E-state index is 0.0761. The van der Waals surface area contributed by atoms with Gasteiger partial charge in [-0.25, -0.2) is 17.9 Å². The number of nitrogens with zero attached hydrogens (tertiary/aromatic N) is 4. The van der Waals surface area contributed by atoms with Crippen molar-refractivity contribution in [1.29, 1.82) is 0 Å². The minimum atomic E-state index is -3.82. The van der Waals surface area contributed by atoms with Crippen molar-refractivity contribution in [2.24, 2.45) is 5.14 Å². The Morgan fingerprint density at radius 3 is 2.44 bits per heavy atom. The fourth-order valence-electron chi connectivity index (χ4n) is 2.85. The first kappa shape index (κ1) is 21.3. The smallest absolute Gasteiger partial charge is 0.251 e. The van der Waals surface area contributed by atoms with Crippen LogP contribution in [0.2, 0.25) is 0 Å². The molecule has 0 bridgehead atoms. The molecule has 164 valence electrons. The number of ether oxygens (including phenoxy) is 1. The van der Waals surface area contributed by atoms with Gasteiger partial charge in [0.05, 0.1) is 11.4 Å². The number of carbonyl (C=O) groups excluding carboxylic acids is 1. The number of rotatable bonds is 7. The highest BCUT2D eigenvalue weighted by molar-refractivity contribution is 7.89. The number of primary sulfonamides is 1. The third-order valence-corrected chi connectivity index (χ3v) is 5.35. The summed E-state index contributed by atoms with van der Waals surface area (Å²) in [6, 6.07) is 14.3. The van der Waals surface area contributed by atoms with Crippen molar-refractivity contribution in [2.75, 3.05) is 13.2 Å². The molecule has 10 nitrogen and oxygen atoms in total. The summed E-state index contributed by atoms with van der Waals surface area (Å²) >= 11 is 0. The minimum Gasteiger partial charge on any atom is -0.475 e. The zero-order valence-electron chi connectivity index (χ0n) is 16.5. The lowest BCUT2D eigenvalue weighted by Gasteiger charge is -2.08. The zero-order chi connectivity index (χ0) is 22.7. The van der Waals surface area contributed by atoms with Gasteiger partial charge in [0.15, 0.2) is 11.5 Å². The Labute approximate surface area is 181 Å². The van der Waals surface area contributed by atoms with Crippen molar-refractivity contribution >= 4 is 21.6 Å². The molecule has 0 atom stereocenters. The molecule has 2 aromatic carbocycles. The molecule has 0 saturated heterocycles. The van der Waals surface area contributed by atoms with Crippen molar-refractivity contribution in [3.63, 3.8) is 0 Å². The summed E-state index contributed by atoms with van der Waals surface area (Å²) in [4.78, 5) is 12.1. The maximum Gasteiger partial charge on any atom is 0.251 e. The molecule has 12 heteroatoms. The van der Waals surface area contributed by atoms with E-state index in [1.54, 1.807) is 24.3 Å². The van der Waals surface area contributed by atoms with Gasteiger partial charge in [-0.1, -0.05) is 0 Å². The highest BCUT2D eigenvalue weighted by Crippen LogP contribution is 2.19. The van der Waals surface area contributed by atoms with Gasteiger partial charge in [-0.05, 0) is 54.6 Å². The highest BCUT2D eigenvalue weighted by Gasteiger charge is 2.12. The van der Waals surface area contributed by atoms with E-state index >= 15 is 0 Å². The summed E-state index contributed by atoms with van der Waals surface area (Å²) in [7, 11) is -3.82. The monoisotopic (exact) mass is 456 g/mol. The molecule has 0 aliphatic heterocycles. The second-order valence-electron chi connectivity index (χ2n) is 6.65. The van der Waals surface area contributed by atoms with Crippen LogP contribution < -0.4 is 15.2 Å². The predicted molar refractivity (Wildman–Crippen MR) is 112 cm³/mol. The Hall–Kier alpha value is -3.90. The van der Waals surface area contributed by atoms with E-state index in [0.717, 1.165) is 0 Å². The Morgan fingerprint density at radius 2 is 1.75 bits per heavy atom. The normalized spacial score (nSPS) is 11.4. The topological polar surface area (TPSA) is 142 Å². The van der Waals surface area contributed by atoms with Gasteiger partial charge in [0.25, 0.3) is 5.91 Å². The van der Waals surface area contributed by atoms with Gasteiger partial charge in [0.1, 0.15) is 12.4 Å². The van der Waals surface area contributed by atoms with Crippen LogP contribution in [0.5, 0.6) is 5.88 Å². The Balaban J connectivity index is 1.37. The van der Waals surface area contributed by atoms with Crippen molar-refractivity contribution in [2.45, 2.75) is 4.90 Å². The molecule has 3 N–H and O–H groups in total. The number of benzene rings is 2. The Kier molecular flexibility index (Phi) is 5.79. The number of sulfonamides is 1. The van der Waals surface area contributed by atoms with E-state index in [4.69, 9.17) is 9.88 Å². The first-order valence-corrected chi connectivity index (χ1v) is 10.9. The molecular weight excluding hydrogens is 439 g/mol. The summed E-state index contributed by atoms with van der Waals surface area (Å²) in [5.41, 5.74) is 1.42. The van der Waals surface area contributed by atoms with E-state index in [-0.39, 0.29) is 35.3 Å². The fraction of sp³-hybridized carbons (Fsp3) is 0.100. The largest absolute Gasteiger partial charge is 0.475 e. The van der Waals surface area contributed by atoms with Crippen molar-refractivity contribution in [1.82, 2.24) is 25.1 Å². The first-order chi connectivity index (χ1) is 15.3. The van der Waals surface area contributed by atoms with Crippen LogP contribution in [0.1, 0.15) is 10.4 Å². The predicted octanol–water partition coefficient (Wildman–Crippen LogP) is 1.39. The van der Waals surface area contributed by atoms with E-state index in [2.05, 4.69) is 20.6 Å². The summed E-state index contributed by atoms with van der Waals surface area (Å²) < 4.78 is 42.8. The number of nitrogens with one attached hydrogen (secondary N) is 1. The molecule has 0 radical (unpaired) electrons. The Morgan fingerprint density at radius 1 is 1.03 bits per heavy atom. The number of fused-ring (bicyclic) bond motifs is 1. The van der Waals surface area contributed by atoms with E-state index in [9.17, 15) is 17.6 Å². The standard InChI is InChI=1S/C20H17FN6O4S/c21-15-5-1-13(2-6-15)19-25-24-17-9-10-18(26-27(17)19)31-12-11-23-20(28)14-3-7-16(8-4-14)32(22,29)30/h1-10H,11-12H2,(H,23,28)(H2,22,29,30). The van der Waals surface area contributed by atoms with Crippen LogP contribution in [0, 0.1) is 5.82 Å². The van der Waals surface area contributed by atoms with Gasteiger partial charge in [0, 0.05) is 17.2 Å². The van der Waals surface area contributed by atoms with Crippen LogP contribution >= 0.6 is 0 Å². The van der Waals surface area contributed by atoms with Crippen LogP contribution in [-0.4, -0.2) is 47.3 Å². The number of halogens is 1. The maximum absolute atomic E-state index is 13.2. The summed E-state index contributed by atoms with van der Waals surface area (Å²) in [5.74, 6) is -0.0357. The third-order valence-electron chi connectivity index (χ3n) is 4.42. The number of amides is 1. The third kappa shape index (κ3) is 4.71. The summed E-state index contributed by atoms with van der Waals surface area (Å²) in [6.45, 7) is 0.315. The molecular formula is C20H17FN6O4S. The average Bonchev–Trinajstić information content (AvgIpc) is 3.20. The average molecular weight is 456 g/mol. The maximum atomic E-state index is 13.2. The molecule has 0 aliphatic rings. The summed E-state index contributed by atoms with van der Waals surface area (Å²) in [6.07, 6.45) is 0. The molecule has 2 heterocycles. The molecule has 0 unspecified atom stereocenters. The second-order valence-corrected chi connectivity index (χ2v) is 8.21. The fourth-order valence-corrected chi connectivity index (χ4v) is 3.36. The van der Waals surface area contributed by atoms with Gasteiger partial charge in [-0.15, -0.1) is 15.3 Å². The quantitative estimate of drug-likeness (QED) is 0.400. The van der Waals surface area contributed by atoms with Crippen molar-refractivity contribution < 1.29 is 22.3 Å². The van der Waals surface area contributed by atoms with Crippen LogP contribution in [0.4, 0.5) is 4.39 Å². The molecule has 32 heavy (non-hydrogen) atoms. The Bertz CT molecular complexity index is 1370. The lowest BCUT2D eigenvalue weighted by atomic mass is 10.2. The molecule has 0 aliphatic carbocycles. The van der Waals surface area contributed by atoms with E-state index in [1.165, 1.54) is 40.9 Å². The number of hydrogen-bond acceptors (Lipinski definition) is 7. The van der Waals surface area contributed by atoms with Gasteiger partial charge in [-0.2, -0.15) is 4.52 Å². The van der Waals surface area contributed by atoms with Gasteiger partial charge >= 0.3 is 0 Å². The van der Waals surface area contributed by atoms with E-state index < -0.39 is 15.9 Å². The molecule has 0 fully saturated rings. The number of hydrogen-bond donors (Lipinski definition) is 2. The number of aromatic nitrogens is 4. The molecule has 0 spiro atoms. The van der Waals surface area contributed by atoms with E-state index in [1.807, 2.05) is 0 Å². The van der Waals surface area contributed by atoms with Gasteiger partial charge in [-0.3, -0.25) is 4.79 Å². The molecule has 1 amide bonds. The zero-order valence-corrected chi connectivity index (χ0v) is 17.3. The van der Waals surface area contributed by atoms with Crippen molar-refractivity contribution in [3.8, 4) is 17.3 Å². The SMILES string of the molecule is NS(=O)(=O)c1ccc(C(=O)NCCOc2ccc3nnc(-c4ccc(F)cc4)n3n2)cc1. The van der Waals surface area contributed by atoms with Gasteiger partial charge in [0.2, 0.25) is 15.9 Å². The van der Waals surface area contributed by atoms with E-state index in [0.29, 0.717) is 17.0 Å².